The lowest BCUT2D eigenvalue weighted by atomic mass is 10.1. The Morgan fingerprint density at radius 1 is 1.50 bits per heavy atom. The molecule has 0 saturated heterocycles. The highest BCUT2D eigenvalue weighted by atomic mass is 14.9. The summed E-state index contributed by atoms with van der Waals surface area (Å²) < 4.78 is 0. The van der Waals surface area contributed by atoms with E-state index in [4.69, 9.17) is 0 Å². The standard InChI is InChI=1S/C12H18N2/c1-2-13-12(9-10-6-7-10)11-5-3-4-8-14-11/h3-5,8,10,12-13H,2,6-7,9H2,1H3. The Balaban J connectivity index is 2.01. The molecule has 0 aromatic carbocycles. The van der Waals surface area contributed by atoms with Gasteiger partial charge >= 0.3 is 0 Å². The lowest BCUT2D eigenvalue weighted by Gasteiger charge is -2.16. The van der Waals surface area contributed by atoms with Crippen LogP contribution in [0.2, 0.25) is 0 Å². The summed E-state index contributed by atoms with van der Waals surface area (Å²) in [5.41, 5.74) is 1.20. The first-order chi connectivity index (χ1) is 6.90. The van der Waals surface area contributed by atoms with Gasteiger partial charge in [0.1, 0.15) is 0 Å². The summed E-state index contributed by atoms with van der Waals surface area (Å²) in [5.74, 6) is 0.945. The number of rotatable bonds is 5. The van der Waals surface area contributed by atoms with E-state index in [2.05, 4.69) is 29.4 Å². The van der Waals surface area contributed by atoms with Crippen LogP contribution in [-0.2, 0) is 0 Å². The first-order valence-electron chi connectivity index (χ1n) is 5.54. The Bertz CT molecular complexity index is 267. The minimum absolute atomic E-state index is 0.466. The van der Waals surface area contributed by atoms with Crippen LogP contribution in [0.1, 0.15) is 37.9 Å². The summed E-state index contributed by atoms with van der Waals surface area (Å²) in [6, 6.07) is 6.63. The molecule has 1 unspecified atom stereocenters. The maximum Gasteiger partial charge on any atom is 0.0573 e. The molecular formula is C12H18N2. The zero-order valence-corrected chi connectivity index (χ0v) is 8.74. The molecule has 0 bridgehead atoms. The van der Waals surface area contributed by atoms with E-state index in [1.54, 1.807) is 0 Å². The van der Waals surface area contributed by atoms with Gasteiger partial charge in [0.05, 0.1) is 5.69 Å². The third kappa shape index (κ3) is 2.55. The minimum atomic E-state index is 0.466. The van der Waals surface area contributed by atoms with Crippen molar-refractivity contribution in [1.29, 1.82) is 0 Å². The number of pyridine rings is 1. The molecule has 0 aliphatic heterocycles. The average molecular weight is 190 g/mol. The number of hydrogen-bond donors (Lipinski definition) is 1. The highest BCUT2D eigenvalue weighted by Gasteiger charge is 2.26. The van der Waals surface area contributed by atoms with Crippen LogP contribution < -0.4 is 5.32 Å². The van der Waals surface area contributed by atoms with E-state index in [-0.39, 0.29) is 0 Å². The molecular weight excluding hydrogens is 172 g/mol. The maximum atomic E-state index is 4.42. The fourth-order valence-corrected chi connectivity index (χ4v) is 1.82. The Morgan fingerprint density at radius 2 is 2.36 bits per heavy atom. The molecule has 0 radical (unpaired) electrons. The first kappa shape index (κ1) is 9.66. The van der Waals surface area contributed by atoms with Crippen LogP contribution in [0.3, 0.4) is 0 Å². The van der Waals surface area contributed by atoms with Crippen molar-refractivity contribution in [3.05, 3.63) is 30.1 Å². The third-order valence-corrected chi connectivity index (χ3v) is 2.76. The van der Waals surface area contributed by atoms with Crippen molar-refractivity contribution in [2.24, 2.45) is 5.92 Å². The van der Waals surface area contributed by atoms with E-state index in [0.29, 0.717) is 6.04 Å². The molecule has 14 heavy (non-hydrogen) atoms. The van der Waals surface area contributed by atoms with Crippen LogP contribution in [0.5, 0.6) is 0 Å². The molecule has 1 aliphatic rings. The third-order valence-electron chi connectivity index (χ3n) is 2.76. The summed E-state index contributed by atoms with van der Waals surface area (Å²) in [6.45, 7) is 3.18. The van der Waals surface area contributed by atoms with Crippen LogP contribution >= 0.6 is 0 Å². The SMILES string of the molecule is CCNC(CC1CC1)c1ccccn1. The molecule has 1 aromatic heterocycles. The van der Waals surface area contributed by atoms with Crippen molar-refractivity contribution in [3.8, 4) is 0 Å². The summed E-state index contributed by atoms with van der Waals surface area (Å²) in [4.78, 5) is 4.42. The summed E-state index contributed by atoms with van der Waals surface area (Å²) >= 11 is 0. The molecule has 1 saturated carbocycles. The first-order valence-corrected chi connectivity index (χ1v) is 5.54. The van der Waals surface area contributed by atoms with Crippen molar-refractivity contribution in [2.75, 3.05) is 6.54 Å². The number of aromatic nitrogens is 1. The van der Waals surface area contributed by atoms with Gasteiger partial charge in [-0.15, -0.1) is 0 Å². The summed E-state index contributed by atoms with van der Waals surface area (Å²) in [5, 5.41) is 3.51. The van der Waals surface area contributed by atoms with E-state index in [1.807, 2.05) is 12.3 Å². The van der Waals surface area contributed by atoms with Crippen LogP contribution in [-0.4, -0.2) is 11.5 Å². The van der Waals surface area contributed by atoms with Gasteiger partial charge in [-0.25, -0.2) is 0 Å². The van der Waals surface area contributed by atoms with Crippen LogP contribution in [0, 0.1) is 5.92 Å². The Kier molecular flexibility index (Phi) is 3.14. The van der Waals surface area contributed by atoms with Gasteiger partial charge in [0.2, 0.25) is 0 Å². The Labute approximate surface area is 85.7 Å². The molecule has 2 nitrogen and oxygen atoms in total. The smallest absolute Gasteiger partial charge is 0.0573 e. The fraction of sp³-hybridized carbons (Fsp3) is 0.583. The second-order valence-electron chi connectivity index (χ2n) is 4.04. The molecule has 0 amide bonds. The van der Waals surface area contributed by atoms with E-state index in [0.717, 1.165) is 12.5 Å². The van der Waals surface area contributed by atoms with Crippen LogP contribution in [0.15, 0.2) is 24.4 Å². The van der Waals surface area contributed by atoms with Gasteiger partial charge in [-0.05, 0) is 31.0 Å². The van der Waals surface area contributed by atoms with Crippen LogP contribution in [0.4, 0.5) is 0 Å². The number of hydrogen-bond acceptors (Lipinski definition) is 2. The highest BCUT2D eigenvalue weighted by Crippen LogP contribution is 2.37. The van der Waals surface area contributed by atoms with Gasteiger partial charge in [0, 0.05) is 12.2 Å². The molecule has 1 N–H and O–H groups in total. The monoisotopic (exact) mass is 190 g/mol. The van der Waals surface area contributed by atoms with E-state index in [9.17, 15) is 0 Å². The van der Waals surface area contributed by atoms with Crippen LogP contribution in [0.25, 0.3) is 0 Å². The van der Waals surface area contributed by atoms with E-state index < -0.39 is 0 Å². The largest absolute Gasteiger partial charge is 0.309 e. The lowest BCUT2D eigenvalue weighted by Crippen LogP contribution is -2.22. The summed E-state index contributed by atoms with van der Waals surface area (Å²) in [6.07, 6.45) is 5.96. The average Bonchev–Trinajstić information content (AvgIpc) is 3.03. The van der Waals surface area contributed by atoms with E-state index in [1.165, 1.54) is 25.0 Å². The fourth-order valence-electron chi connectivity index (χ4n) is 1.82. The topological polar surface area (TPSA) is 24.9 Å². The molecule has 1 fully saturated rings. The zero-order chi connectivity index (χ0) is 9.80. The second-order valence-corrected chi connectivity index (χ2v) is 4.04. The number of nitrogens with one attached hydrogen (secondary N) is 1. The van der Waals surface area contributed by atoms with Crippen molar-refractivity contribution in [1.82, 2.24) is 10.3 Å². The Morgan fingerprint density at radius 3 is 2.93 bits per heavy atom. The molecule has 76 valence electrons. The molecule has 1 aromatic rings. The van der Waals surface area contributed by atoms with Gasteiger partial charge in [-0.2, -0.15) is 0 Å². The van der Waals surface area contributed by atoms with Gasteiger partial charge in [0.25, 0.3) is 0 Å². The van der Waals surface area contributed by atoms with Gasteiger partial charge in [-0.1, -0.05) is 25.8 Å². The predicted octanol–water partition coefficient (Wildman–Crippen LogP) is 2.53. The molecule has 2 heteroatoms. The molecule has 2 rings (SSSR count). The molecule has 0 spiro atoms. The minimum Gasteiger partial charge on any atom is -0.309 e. The molecule has 1 aliphatic carbocycles. The lowest BCUT2D eigenvalue weighted by molar-refractivity contribution is 0.477. The maximum absolute atomic E-state index is 4.42. The van der Waals surface area contributed by atoms with Crippen molar-refractivity contribution >= 4 is 0 Å². The van der Waals surface area contributed by atoms with Crippen molar-refractivity contribution < 1.29 is 0 Å². The zero-order valence-electron chi connectivity index (χ0n) is 8.74. The molecule has 1 atom stereocenters. The van der Waals surface area contributed by atoms with Gasteiger partial charge in [-0.3, -0.25) is 4.98 Å². The van der Waals surface area contributed by atoms with Crippen molar-refractivity contribution in [2.45, 2.75) is 32.2 Å². The van der Waals surface area contributed by atoms with E-state index >= 15 is 0 Å². The van der Waals surface area contributed by atoms with Gasteiger partial charge in [0.15, 0.2) is 0 Å². The second kappa shape index (κ2) is 4.56. The van der Waals surface area contributed by atoms with Crippen molar-refractivity contribution in [3.63, 3.8) is 0 Å². The number of nitrogens with zero attached hydrogens (tertiary/aromatic N) is 1. The normalized spacial score (nSPS) is 18.1. The summed E-state index contributed by atoms with van der Waals surface area (Å²) in [7, 11) is 0. The Hall–Kier alpha value is -0.890. The predicted molar refractivity (Wildman–Crippen MR) is 58.0 cm³/mol. The van der Waals surface area contributed by atoms with Gasteiger partial charge < -0.3 is 5.32 Å². The highest BCUT2D eigenvalue weighted by molar-refractivity contribution is 5.09. The molecule has 1 heterocycles. The quantitative estimate of drug-likeness (QED) is 0.771.